The van der Waals surface area contributed by atoms with E-state index in [0.29, 0.717) is 5.69 Å². The van der Waals surface area contributed by atoms with Gasteiger partial charge in [-0.25, -0.2) is 19.5 Å². The first-order chi connectivity index (χ1) is 8.00. The lowest BCUT2D eigenvalue weighted by atomic mass is 10.3. The van der Waals surface area contributed by atoms with Crippen LogP contribution in [0.4, 0.5) is 4.79 Å². The summed E-state index contributed by atoms with van der Waals surface area (Å²) >= 11 is 3.38. The van der Waals surface area contributed by atoms with Crippen LogP contribution in [0.1, 0.15) is 0 Å². The van der Waals surface area contributed by atoms with Gasteiger partial charge in [-0.2, -0.15) is 5.10 Å². The predicted octanol–water partition coefficient (Wildman–Crippen LogP) is 1.29. The van der Waals surface area contributed by atoms with Gasteiger partial charge in [0.2, 0.25) is 0 Å². The predicted molar refractivity (Wildman–Crippen MR) is 64.3 cm³/mol. The quantitative estimate of drug-likeness (QED) is 0.906. The molecule has 2 aromatic rings. The van der Waals surface area contributed by atoms with Crippen molar-refractivity contribution in [3.63, 3.8) is 0 Å². The molecule has 0 fully saturated rings. The van der Waals surface area contributed by atoms with Gasteiger partial charge in [0.1, 0.15) is 10.9 Å². The van der Waals surface area contributed by atoms with E-state index < -0.39 is 6.09 Å². The van der Waals surface area contributed by atoms with Crippen LogP contribution in [-0.4, -0.2) is 37.7 Å². The molecule has 0 saturated carbocycles. The van der Waals surface area contributed by atoms with Crippen molar-refractivity contribution in [2.24, 2.45) is 7.05 Å². The fraction of sp³-hybridized carbons (Fsp3) is 0.222. The maximum absolute atomic E-state index is 10.8. The topological polar surface area (TPSA) is 76.2 Å². The number of halogens is 1. The Morgan fingerprint density at radius 2 is 2.29 bits per heavy atom. The summed E-state index contributed by atoms with van der Waals surface area (Å²) < 4.78 is 3.84. The number of hydrogen-bond donors (Lipinski definition) is 1. The molecule has 0 bridgehead atoms. The minimum absolute atomic E-state index is 0.651. The molecule has 0 unspecified atom stereocenters. The minimum Gasteiger partial charge on any atom is -0.464 e. The Morgan fingerprint density at radius 1 is 1.59 bits per heavy atom. The molecule has 0 aliphatic rings. The molecule has 0 spiro atoms. The Hall–Kier alpha value is -1.83. The van der Waals surface area contributed by atoms with Crippen LogP contribution in [0.25, 0.3) is 11.3 Å². The van der Waals surface area contributed by atoms with E-state index in [1.165, 1.54) is 18.1 Å². The molecule has 17 heavy (non-hydrogen) atoms. The lowest BCUT2D eigenvalue weighted by Crippen LogP contribution is -2.33. The summed E-state index contributed by atoms with van der Waals surface area (Å²) in [5.41, 5.74) is 1.46. The average molecular weight is 300 g/mol. The molecule has 0 aliphatic carbocycles. The number of imidazole rings is 1. The third-order valence-corrected chi connectivity index (χ3v) is 3.28. The summed E-state index contributed by atoms with van der Waals surface area (Å²) in [4.78, 5) is 14.9. The molecule has 90 valence electrons. The molecule has 2 heterocycles. The second kappa shape index (κ2) is 4.21. The molecular formula is C9H10BrN5O2. The number of amides is 1. The Labute approximate surface area is 105 Å². The van der Waals surface area contributed by atoms with Gasteiger partial charge in [-0.3, -0.25) is 4.68 Å². The molecule has 0 saturated heterocycles. The lowest BCUT2D eigenvalue weighted by Gasteiger charge is -2.12. The van der Waals surface area contributed by atoms with Crippen molar-refractivity contribution in [3.05, 3.63) is 23.3 Å². The summed E-state index contributed by atoms with van der Waals surface area (Å²) in [6, 6.07) is 0. The molecule has 2 aromatic heterocycles. The van der Waals surface area contributed by atoms with Gasteiger partial charge in [-0.15, -0.1) is 0 Å². The van der Waals surface area contributed by atoms with Crippen molar-refractivity contribution in [2.45, 2.75) is 0 Å². The summed E-state index contributed by atoms with van der Waals surface area (Å²) in [5.74, 6) is 0. The maximum Gasteiger partial charge on any atom is 0.426 e. The lowest BCUT2D eigenvalue weighted by molar-refractivity contribution is 0.197. The normalized spacial score (nSPS) is 10.5. The van der Waals surface area contributed by atoms with Gasteiger partial charge in [0.15, 0.2) is 0 Å². The highest BCUT2D eigenvalue weighted by Crippen LogP contribution is 2.25. The van der Waals surface area contributed by atoms with Crippen molar-refractivity contribution in [2.75, 3.05) is 12.1 Å². The number of hydrogen-bond acceptors (Lipinski definition) is 3. The van der Waals surface area contributed by atoms with Crippen molar-refractivity contribution in [1.29, 1.82) is 0 Å². The third-order valence-electron chi connectivity index (χ3n) is 2.34. The zero-order valence-electron chi connectivity index (χ0n) is 9.20. The molecule has 1 N–H and O–H groups in total. The van der Waals surface area contributed by atoms with E-state index in [2.05, 4.69) is 26.0 Å². The molecule has 7 nitrogen and oxygen atoms in total. The molecule has 1 amide bonds. The second-order valence-electron chi connectivity index (χ2n) is 3.42. The van der Waals surface area contributed by atoms with E-state index in [4.69, 9.17) is 5.11 Å². The molecular weight excluding hydrogens is 290 g/mol. The van der Waals surface area contributed by atoms with Crippen LogP contribution in [0.2, 0.25) is 0 Å². The fourth-order valence-corrected chi connectivity index (χ4v) is 1.71. The number of aryl methyl sites for hydroxylation is 1. The molecule has 8 heteroatoms. The van der Waals surface area contributed by atoms with Gasteiger partial charge < -0.3 is 5.11 Å². The van der Waals surface area contributed by atoms with Crippen LogP contribution < -0.4 is 5.01 Å². The Bertz CT molecular complexity index is 561. The summed E-state index contributed by atoms with van der Waals surface area (Å²) in [6.45, 7) is 0. The Balaban J connectivity index is 2.36. The van der Waals surface area contributed by atoms with Gasteiger partial charge >= 0.3 is 6.09 Å². The van der Waals surface area contributed by atoms with Crippen molar-refractivity contribution >= 4 is 22.0 Å². The number of rotatable bonds is 2. The average Bonchev–Trinajstić information content (AvgIpc) is 2.87. The molecule has 0 radical (unpaired) electrons. The van der Waals surface area contributed by atoms with Crippen LogP contribution in [0, 0.1) is 0 Å². The highest BCUT2D eigenvalue weighted by molar-refractivity contribution is 9.10. The summed E-state index contributed by atoms with van der Waals surface area (Å²) in [6.07, 6.45) is 3.66. The second-order valence-corrected chi connectivity index (χ2v) is 4.17. The van der Waals surface area contributed by atoms with Gasteiger partial charge in [-0.05, 0) is 15.9 Å². The van der Waals surface area contributed by atoms with Gasteiger partial charge in [-0.1, -0.05) is 0 Å². The number of carbonyl (C=O) groups is 1. The highest BCUT2D eigenvalue weighted by Gasteiger charge is 2.13. The third kappa shape index (κ3) is 2.03. The first-order valence-electron chi connectivity index (χ1n) is 4.69. The van der Waals surface area contributed by atoms with E-state index in [1.54, 1.807) is 24.1 Å². The highest BCUT2D eigenvalue weighted by atomic mass is 79.9. The van der Waals surface area contributed by atoms with Gasteiger partial charge in [0.05, 0.1) is 23.7 Å². The largest absolute Gasteiger partial charge is 0.464 e. The van der Waals surface area contributed by atoms with Crippen LogP contribution >= 0.6 is 15.9 Å². The van der Waals surface area contributed by atoms with Crippen LogP contribution in [0.5, 0.6) is 0 Å². The van der Waals surface area contributed by atoms with Gasteiger partial charge in [0.25, 0.3) is 0 Å². The zero-order chi connectivity index (χ0) is 12.6. The molecule has 0 aliphatic heterocycles. The van der Waals surface area contributed by atoms with Gasteiger partial charge in [0, 0.05) is 14.1 Å². The van der Waals surface area contributed by atoms with E-state index in [0.717, 1.165) is 15.2 Å². The SMILES string of the molecule is CN(C(=O)O)n1cnc(-c2cnn(C)c2Br)c1. The smallest absolute Gasteiger partial charge is 0.426 e. The van der Waals surface area contributed by atoms with Crippen molar-refractivity contribution in [1.82, 2.24) is 19.4 Å². The van der Waals surface area contributed by atoms with Crippen LogP contribution in [0.3, 0.4) is 0 Å². The standard InChI is InChI=1S/C9H10BrN5O2/c1-13-8(10)6(3-12-13)7-4-15(5-11-7)14(2)9(16)17/h3-5H,1-2H3,(H,16,17). The monoisotopic (exact) mass is 299 g/mol. The first kappa shape index (κ1) is 11.6. The number of aromatic nitrogens is 4. The maximum atomic E-state index is 10.8. The van der Waals surface area contributed by atoms with Crippen LogP contribution in [-0.2, 0) is 7.05 Å². The first-order valence-corrected chi connectivity index (χ1v) is 5.49. The molecule has 0 aromatic carbocycles. The van der Waals surface area contributed by atoms with E-state index >= 15 is 0 Å². The number of nitrogens with zero attached hydrogens (tertiary/aromatic N) is 5. The Kier molecular flexibility index (Phi) is 2.88. The summed E-state index contributed by atoms with van der Waals surface area (Å²) in [5, 5.41) is 13.9. The van der Waals surface area contributed by atoms with E-state index in [1.807, 2.05) is 0 Å². The van der Waals surface area contributed by atoms with Crippen molar-refractivity contribution < 1.29 is 9.90 Å². The van der Waals surface area contributed by atoms with Crippen molar-refractivity contribution in [3.8, 4) is 11.3 Å². The van der Waals surface area contributed by atoms with E-state index in [9.17, 15) is 4.79 Å². The zero-order valence-corrected chi connectivity index (χ0v) is 10.8. The Morgan fingerprint density at radius 3 is 2.82 bits per heavy atom. The summed E-state index contributed by atoms with van der Waals surface area (Å²) in [7, 11) is 3.24. The van der Waals surface area contributed by atoms with Crippen LogP contribution in [0.15, 0.2) is 23.3 Å². The van der Waals surface area contributed by atoms with E-state index in [-0.39, 0.29) is 0 Å². The molecule has 2 rings (SSSR count). The number of carboxylic acid groups (broad SMARTS) is 1. The fourth-order valence-electron chi connectivity index (χ4n) is 1.31. The minimum atomic E-state index is -1.06. The molecule has 0 atom stereocenters.